The van der Waals surface area contributed by atoms with E-state index in [4.69, 9.17) is 4.74 Å². The number of ether oxygens (including phenoxy) is 1. The first-order valence-corrected chi connectivity index (χ1v) is 7.15. The Hall–Kier alpha value is -2.62. The summed E-state index contributed by atoms with van der Waals surface area (Å²) in [6.45, 7) is 5.70. The fourth-order valence-corrected chi connectivity index (χ4v) is 2.09. The molecule has 22 heavy (non-hydrogen) atoms. The highest BCUT2D eigenvalue weighted by Crippen LogP contribution is 2.21. The van der Waals surface area contributed by atoms with Crippen LogP contribution in [0.4, 0.5) is 0 Å². The lowest BCUT2D eigenvalue weighted by Crippen LogP contribution is -2.26. The second kappa shape index (κ2) is 7.41. The Morgan fingerprint density at radius 3 is 2.32 bits per heavy atom. The van der Waals surface area contributed by atoms with E-state index in [9.17, 15) is 4.79 Å². The molecule has 114 valence electrons. The minimum atomic E-state index is -0.280. The molecule has 0 aliphatic heterocycles. The van der Waals surface area contributed by atoms with Crippen LogP contribution in [-0.2, 0) is 4.79 Å². The highest BCUT2D eigenvalue weighted by molar-refractivity contribution is 5.99. The monoisotopic (exact) mass is 296 g/mol. The van der Waals surface area contributed by atoms with Crippen LogP contribution in [0.5, 0.6) is 5.75 Å². The molecule has 2 rings (SSSR count). The summed E-state index contributed by atoms with van der Waals surface area (Å²) >= 11 is 0. The first-order chi connectivity index (χ1) is 10.6. The van der Waals surface area contributed by atoms with Crippen LogP contribution in [-0.4, -0.2) is 18.2 Å². The van der Waals surface area contributed by atoms with E-state index in [-0.39, 0.29) is 12.5 Å². The maximum atomic E-state index is 11.8. The molecule has 0 aromatic heterocycles. The van der Waals surface area contributed by atoms with Crippen LogP contribution < -0.4 is 10.2 Å². The summed E-state index contributed by atoms with van der Waals surface area (Å²) in [5.74, 6) is 0.472. The zero-order valence-electron chi connectivity index (χ0n) is 13.1. The first-order valence-electron chi connectivity index (χ1n) is 7.15. The third-order valence-electron chi connectivity index (χ3n) is 3.30. The van der Waals surface area contributed by atoms with Gasteiger partial charge in [0, 0.05) is 0 Å². The molecular weight excluding hydrogens is 276 g/mol. The third-order valence-corrected chi connectivity index (χ3v) is 3.30. The van der Waals surface area contributed by atoms with E-state index >= 15 is 0 Å². The van der Waals surface area contributed by atoms with Gasteiger partial charge in [-0.2, -0.15) is 5.10 Å². The number of rotatable bonds is 5. The summed E-state index contributed by atoms with van der Waals surface area (Å²) in [5, 5.41) is 4.09. The minimum Gasteiger partial charge on any atom is -0.483 e. The van der Waals surface area contributed by atoms with Gasteiger partial charge in [-0.3, -0.25) is 4.79 Å². The van der Waals surface area contributed by atoms with Crippen LogP contribution in [0, 0.1) is 13.8 Å². The second-order valence-corrected chi connectivity index (χ2v) is 5.11. The SMILES string of the molecule is C/C(=N\NC(=O)COc1c(C)cccc1C)c1ccccc1. The van der Waals surface area contributed by atoms with Crippen LogP contribution in [0.15, 0.2) is 53.6 Å². The van der Waals surface area contributed by atoms with E-state index in [0.29, 0.717) is 0 Å². The zero-order valence-corrected chi connectivity index (χ0v) is 13.1. The fourth-order valence-electron chi connectivity index (χ4n) is 2.09. The molecule has 0 bridgehead atoms. The lowest BCUT2D eigenvalue weighted by Gasteiger charge is -2.11. The minimum absolute atomic E-state index is 0.0583. The molecule has 0 heterocycles. The zero-order chi connectivity index (χ0) is 15.9. The van der Waals surface area contributed by atoms with Crippen molar-refractivity contribution in [2.75, 3.05) is 6.61 Å². The smallest absolute Gasteiger partial charge is 0.277 e. The van der Waals surface area contributed by atoms with Gasteiger partial charge >= 0.3 is 0 Å². The number of hydrazone groups is 1. The number of hydrogen-bond donors (Lipinski definition) is 1. The average molecular weight is 296 g/mol. The number of carbonyl (C=O) groups excluding carboxylic acids is 1. The molecule has 4 heteroatoms. The predicted molar refractivity (Wildman–Crippen MR) is 88.2 cm³/mol. The lowest BCUT2D eigenvalue weighted by atomic mass is 10.1. The molecule has 0 atom stereocenters. The normalized spacial score (nSPS) is 11.1. The average Bonchev–Trinajstić information content (AvgIpc) is 2.53. The van der Waals surface area contributed by atoms with E-state index in [0.717, 1.165) is 28.2 Å². The molecule has 0 saturated heterocycles. The fraction of sp³-hybridized carbons (Fsp3) is 0.222. The number of aryl methyl sites for hydroxylation is 2. The van der Waals surface area contributed by atoms with Crippen molar-refractivity contribution in [3.63, 3.8) is 0 Å². The van der Waals surface area contributed by atoms with Gasteiger partial charge in [0.2, 0.25) is 0 Å². The van der Waals surface area contributed by atoms with E-state index in [1.165, 1.54) is 0 Å². The van der Waals surface area contributed by atoms with Crippen LogP contribution >= 0.6 is 0 Å². The van der Waals surface area contributed by atoms with Crippen molar-refractivity contribution in [1.82, 2.24) is 5.43 Å². The largest absolute Gasteiger partial charge is 0.483 e. The summed E-state index contributed by atoms with van der Waals surface area (Å²) in [6.07, 6.45) is 0. The maximum Gasteiger partial charge on any atom is 0.277 e. The number of amides is 1. The highest BCUT2D eigenvalue weighted by Gasteiger charge is 2.07. The Balaban J connectivity index is 1.91. The van der Waals surface area contributed by atoms with Gasteiger partial charge in [-0.25, -0.2) is 5.43 Å². The molecule has 0 spiro atoms. The van der Waals surface area contributed by atoms with Gasteiger partial charge in [-0.15, -0.1) is 0 Å². The summed E-state index contributed by atoms with van der Waals surface area (Å²) in [6, 6.07) is 15.6. The molecule has 0 aliphatic carbocycles. The van der Waals surface area contributed by atoms with Crippen molar-refractivity contribution < 1.29 is 9.53 Å². The van der Waals surface area contributed by atoms with Gasteiger partial charge in [-0.1, -0.05) is 48.5 Å². The van der Waals surface area contributed by atoms with E-state index in [1.54, 1.807) is 0 Å². The van der Waals surface area contributed by atoms with Gasteiger partial charge in [-0.05, 0) is 37.5 Å². The standard InChI is InChI=1S/C18H20N2O2/c1-13-8-7-9-14(2)18(13)22-12-17(21)20-19-15(3)16-10-5-4-6-11-16/h4-11H,12H2,1-3H3,(H,20,21)/b19-15+. The molecule has 0 radical (unpaired) electrons. The summed E-state index contributed by atoms with van der Waals surface area (Å²) < 4.78 is 5.59. The lowest BCUT2D eigenvalue weighted by molar-refractivity contribution is -0.123. The summed E-state index contributed by atoms with van der Waals surface area (Å²) in [7, 11) is 0. The molecule has 2 aromatic rings. The molecule has 0 saturated carbocycles. The van der Waals surface area contributed by atoms with Crippen molar-refractivity contribution in [2.24, 2.45) is 5.10 Å². The Morgan fingerprint density at radius 1 is 1.05 bits per heavy atom. The van der Waals surface area contributed by atoms with E-state index < -0.39 is 0 Å². The number of benzene rings is 2. The Kier molecular flexibility index (Phi) is 5.31. The number of nitrogens with one attached hydrogen (secondary N) is 1. The van der Waals surface area contributed by atoms with Crippen LogP contribution in [0.2, 0.25) is 0 Å². The first kappa shape index (κ1) is 15.8. The molecule has 4 nitrogen and oxygen atoms in total. The van der Waals surface area contributed by atoms with Gasteiger partial charge < -0.3 is 4.74 Å². The van der Waals surface area contributed by atoms with Crippen molar-refractivity contribution in [1.29, 1.82) is 0 Å². The van der Waals surface area contributed by atoms with Crippen molar-refractivity contribution >= 4 is 11.6 Å². The number of carbonyl (C=O) groups is 1. The third kappa shape index (κ3) is 4.19. The Bertz CT molecular complexity index is 658. The topological polar surface area (TPSA) is 50.7 Å². The molecule has 0 aliphatic rings. The maximum absolute atomic E-state index is 11.8. The predicted octanol–water partition coefficient (Wildman–Crippen LogP) is 3.22. The van der Waals surface area contributed by atoms with Crippen molar-refractivity contribution in [2.45, 2.75) is 20.8 Å². The Morgan fingerprint density at radius 2 is 1.68 bits per heavy atom. The van der Waals surface area contributed by atoms with Gasteiger partial charge in [0.15, 0.2) is 6.61 Å². The van der Waals surface area contributed by atoms with Gasteiger partial charge in [0.25, 0.3) is 5.91 Å². The van der Waals surface area contributed by atoms with Gasteiger partial charge in [0.05, 0.1) is 5.71 Å². The summed E-state index contributed by atoms with van der Waals surface area (Å²) in [4.78, 5) is 11.8. The van der Waals surface area contributed by atoms with E-state index in [1.807, 2.05) is 69.3 Å². The molecule has 1 amide bonds. The molecule has 0 unspecified atom stereocenters. The molecule has 2 aromatic carbocycles. The second-order valence-electron chi connectivity index (χ2n) is 5.11. The number of hydrogen-bond acceptors (Lipinski definition) is 3. The quantitative estimate of drug-likeness (QED) is 0.680. The van der Waals surface area contributed by atoms with Crippen molar-refractivity contribution in [3.05, 3.63) is 65.2 Å². The molecule has 0 fully saturated rings. The van der Waals surface area contributed by atoms with Crippen LogP contribution in [0.25, 0.3) is 0 Å². The van der Waals surface area contributed by atoms with Crippen molar-refractivity contribution in [3.8, 4) is 5.75 Å². The highest BCUT2D eigenvalue weighted by atomic mass is 16.5. The van der Waals surface area contributed by atoms with Crippen LogP contribution in [0.3, 0.4) is 0 Å². The Labute approximate surface area is 130 Å². The number of para-hydroxylation sites is 1. The summed E-state index contributed by atoms with van der Waals surface area (Å²) in [5.41, 5.74) is 6.26. The number of nitrogens with zero attached hydrogens (tertiary/aromatic N) is 1. The van der Waals surface area contributed by atoms with E-state index in [2.05, 4.69) is 10.5 Å². The van der Waals surface area contributed by atoms with Crippen LogP contribution in [0.1, 0.15) is 23.6 Å². The molecule has 1 N–H and O–H groups in total. The molecular formula is C18H20N2O2. The van der Waals surface area contributed by atoms with Gasteiger partial charge in [0.1, 0.15) is 5.75 Å².